The maximum Gasteiger partial charge on any atom is 0.254 e. The van der Waals surface area contributed by atoms with E-state index in [0.717, 1.165) is 0 Å². The summed E-state index contributed by atoms with van der Waals surface area (Å²) in [6.07, 6.45) is 0. The minimum Gasteiger partial charge on any atom is -0.323 e. The van der Waals surface area contributed by atoms with Crippen LogP contribution in [0.15, 0.2) is 24.3 Å². The first kappa shape index (κ1) is 12.2. The highest BCUT2D eigenvalue weighted by atomic mass is 19.1. The molecular weight excluding hydrogens is 207 g/mol. The fraction of sp³-hybridized carbons (Fsp3) is 0.333. The van der Waals surface area contributed by atoms with Gasteiger partial charge in [0.15, 0.2) is 0 Å². The third-order valence-corrected chi connectivity index (χ3v) is 2.22. The lowest BCUT2D eigenvalue weighted by molar-refractivity contribution is 0.0731. The normalized spacial score (nSPS) is 9.94. The molecule has 0 aliphatic carbocycles. The van der Waals surface area contributed by atoms with Crippen LogP contribution >= 0.6 is 0 Å². The molecule has 0 unspecified atom stereocenters. The second-order valence-electron chi connectivity index (χ2n) is 3.69. The Hall–Kier alpha value is -1.89. The first-order valence-electron chi connectivity index (χ1n) is 4.99. The zero-order chi connectivity index (χ0) is 12.1. The molecule has 0 aliphatic rings. The van der Waals surface area contributed by atoms with Crippen molar-refractivity contribution in [3.8, 4) is 6.07 Å². The lowest BCUT2D eigenvalue weighted by Crippen LogP contribution is -2.37. The number of rotatable bonds is 3. The average molecular weight is 220 g/mol. The van der Waals surface area contributed by atoms with E-state index >= 15 is 0 Å². The Kier molecular flexibility index (Phi) is 4.01. The standard InChI is InChI=1S/C12H13FN2O/c1-9(2)15(8-7-14)12(16)10-3-5-11(13)6-4-10/h3-6,9H,8H2,1-2H3. The van der Waals surface area contributed by atoms with Crippen LogP contribution in [-0.2, 0) is 0 Å². The van der Waals surface area contributed by atoms with Gasteiger partial charge in [-0.25, -0.2) is 4.39 Å². The molecule has 0 aromatic heterocycles. The van der Waals surface area contributed by atoms with Crippen molar-refractivity contribution in [3.05, 3.63) is 35.6 Å². The van der Waals surface area contributed by atoms with Crippen LogP contribution < -0.4 is 0 Å². The molecule has 1 aromatic carbocycles. The molecule has 0 saturated heterocycles. The molecule has 3 nitrogen and oxygen atoms in total. The van der Waals surface area contributed by atoms with Crippen molar-refractivity contribution in [2.45, 2.75) is 19.9 Å². The van der Waals surface area contributed by atoms with Crippen LogP contribution in [0.2, 0.25) is 0 Å². The van der Waals surface area contributed by atoms with Gasteiger partial charge in [-0.1, -0.05) is 0 Å². The summed E-state index contributed by atoms with van der Waals surface area (Å²) in [7, 11) is 0. The molecule has 0 fully saturated rings. The Balaban J connectivity index is 2.91. The van der Waals surface area contributed by atoms with Gasteiger partial charge >= 0.3 is 0 Å². The molecular formula is C12H13FN2O. The number of benzene rings is 1. The second-order valence-corrected chi connectivity index (χ2v) is 3.69. The van der Waals surface area contributed by atoms with Gasteiger partial charge in [-0.15, -0.1) is 0 Å². The SMILES string of the molecule is CC(C)N(CC#N)C(=O)c1ccc(F)cc1. The number of hydrogen-bond acceptors (Lipinski definition) is 2. The molecule has 1 amide bonds. The number of nitriles is 1. The molecule has 16 heavy (non-hydrogen) atoms. The van der Waals surface area contributed by atoms with Crippen LogP contribution in [0.5, 0.6) is 0 Å². The molecule has 0 spiro atoms. The lowest BCUT2D eigenvalue weighted by Gasteiger charge is -2.23. The third kappa shape index (κ3) is 2.80. The Morgan fingerprint density at radius 2 is 2.00 bits per heavy atom. The molecule has 0 bridgehead atoms. The van der Waals surface area contributed by atoms with Crippen molar-refractivity contribution in [2.75, 3.05) is 6.54 Å². The smallest absolute Gasteiger partial charge is 0.254 e. The summed E-state index contributed by atoms with van der Waals surface area (Å²) in [4.78, 5) is 13.4. The van der Waals surface area contributed by atoms with Crippen molar-refractivity contribution in [1.82, 2.24) is 4.90 Å². The summed E-state index contributed by atoms with van der Waals surface area (Å²) in [5.41, 5.74) is 0.394. The van der Waals surface area contributed by atoms with E-state index in [-0.39, 0.29) is 24.3 Å². The van der Waals surface area contributed by atoms with Gasteiger partial charge in [0.25, 0.3) is 5.91 Å². The first-order chi connectivity index (χ1) is 7.56. The summed E-state index contributed by atoms with van der Waals surface area (Å²) in [6.45, 7) is 3.70. The molecule has 0 saturated carbocycles. The lowest BCUT2D eigenvalue weighted by atomic mass is 10.1. The highest BCUT2D eigenvalue weighted by Crippen LogP contribution is 2.09. The van der Waals surface area contributed by atoms with Crippen LogP contribution in [-0.4, -0.2) is 23.4 Å². The zero-order valence-corrected chi connectivity index (χ0v) is 9.27. The number of halogens is 1. The summed E-state index contributed by atoms with van der Waals surface area (Å²) in [5.74, 6) is -0.635. The number of amides is 1. The van der Waals surface area contributed by atoms with Crippen LogP contribution in [0.3, 0.4) is 0 Å². The minimum atomic E-state index is -0.382. The minimum absolute atomic E-state index is 0.0356. The Morgan fingerprint density at radius 3 is 2.44 bits per heavy atom. The van der Waals surface area contributed by atoms with E-state index in [1.807, 2.05) is 19.9 Å². The van der Waals surface area contributed by atoms with Gasteiger partial charge in [0.05, 0.1) is 6.07 Å². The predicted molar refractivity (Wildman–Crippen MR) is 58.2 cm³/mol. The fourth-order valence-electron chi connectivity index (χ4n) is 1.32. The number of hydrogen-bond donors (Lipinski definition) is 0. The van der Waals surface area contributed by atoms with Gasteiger partial charge in [-0.3, -0.25) is 4.79 Å². The quantitative estimate of drug-likeness (QED) is 0.733. The zero-order valence-electron chi connectivity index (χ0n) is 9.27. The molecule has 0 N–H and O–H groups in total. The van der Waals surface area contributed by atoms with Gasteiger partial charge in [0.1, 0.15) is 12.4 Å². The van der Waals surface area contributed by atoms with Crippen LogP contribution in [0.1, 0.15) is 24.2 Å². The number of carbonyl (C=O) groups excluding carboxylic acids is 1. The average Bonchev–Trinajstić information content (AvgIpc) is 2.25. The van der Waals surface area contributed by atoms with E-state index in [1.54, 1.807) is 0 Å². The molecule has 1 aromatic rings. The molecule has 0 radical (unpaired) electrons. The second kappa shape index (κ2) is 5.26. The molecule has 0 heterocycles. The summed E-state index contributed by atoms with van der Waals surface area (Å²) < 4.78 is 12.7. The van der Waals surface area contributed by atoms with E-state index in [2.05, 4.69) is 0 Å². The van der Waals surface area contributed by atoms with Gasteiger partial charge in [0, 0.05) is 11.6 Å². The maximum absolute atomic E-state index is 12.7. The van der Waals surface area contributed by atoms with Crippen molar-refractivity contribution < 1.29 is 9.18 Å². The fourth-order valence-corrected chi connectivity index (χ4v) is 1.32. The van der Waals surface area contributed by atoms with Crippen molar-refractivity contribution in [1.29, 1.82) is 5.26 Å². The molecule has 84 valence electrons. The number of nitrogens with zero attached hydrogens (tertiary/aromatic N) is 2. The van der Waals surface area contributed by atoms with E-state index in [9.17, 15) is 9.18 Å². The van der Waals surface area contributed by atoms with Gasteiger partial charge in [-0.05, 0) is 38.1 Å². The molecule has 1 rings (SSSR count). The predicted octanol–water partition coefficient (Wildman–Crippen LogP) is 2.20. The molecule has 4 heteroatoms. The molecule has 0 aliphatic heterocycles. The largest absolute Gasteiger partial charge is 0.323 e. The number of carbonyl (C=O) groups is 1. The first-order valence-corrected chi connectivity index (χ1v) is 4.99. The summed E-state index contributed by atoms with van der Waals surface area (Å²) in [5, 5.41) is 8.62. The summed E-state index contributed by atoms with van der Waals surface area (Å²) in [6, 6.07) is 7.19. The Morgan fingerprint density at radius 1 is 1.44 bits per heavy atom. The van der Waals surface area contributed by atoms with Crippen molar-refractivity contribution in [3.63, 3.8) is 0 Å². The van der Waals surface area contributed by atoms with Gasteiger partial charge in [-0.2, -0.15) is 5.26 Å². The topological polar surface area (TPSA) is 44.1 Å². The van der Waals surface area contributed by atoms with Gasteiger partial charge < -0.3 is 4.90 Å². The van der Waals surface area contributed by atoms with E-state index < -0.39 is 0 Å². The van der Waals surface area contributed by atoms with Crippen LogP contribution in [0.4, 0.5) is 4.39 Å². The van der Waals surface area contributed by atoms with Crippen LogP contribution in [0, 0.1) is 17.1 Å². The summed E-state index contributed by atoms with van der Waals surface area (Å²) >= 11 is 0. The highest BCUT2D eigenvalue weighted by Gasteiger charge is 2.17. The highest BCUT2D eigenvalue weighted by molar-refractivity contribution is 5.94. The molecule has 0 atom stereocenters. The monoisotopic (exact) mass is 220 g/mol. The van der Waals surface area contributed by atoms with Crippen molar-refractivity contribution in [2.24, 2.45) is 0 Å². The van der Waals surface area contributed by atoms with Crippen molar-refractivity contribution >= 4 is 5.91 Å². The van der Waals surface area contributed by atoms with E-state index in [1.165, 1.54) is 29.2 Å². The Labute approximate surface area is 94.1 Å². The Bertz CT molecular complexity index is 406. The van der Waals surface area contributed by atoms with E-state index in [4.69, 9.17) is 5.26 Å². The van der Waals surface area contributed by atoms with Crippen LogP contribution in [0.25, 0.3) is 0 Å². The van der Waals surface area contributed by atoms with E-state index in [0.29, 0.717) is 5.56 Å². The maximum atomic E-state index is 12.7. The third-order valence-electron chi connectivity index (χ3n) is 2.22. The van der Waals surface area contributed by atoms with Gasteiger partial charge in [0.2, 0.25) is 0 Å².